The summed E-state index contributed by atoms with van der Waals surface area (Å²) >= 11 is 0. The molecule has 0 spiro atoms. The first-order chi connectivity index (χ1) is 13.9. The van der Waals surface area contributed by atoms with Gasteiger partial charge in [0.1, 0.15) is 12.4 Å². The maximum Gasteiger partial charge on any atom is 0.251 e. The van der Waals surface area contributed by atoms with E-state index >= 15 is 0 Å². The summed E-state index contributed by atoms with van der Waals surface area (Å²) in [5.74, 6) is 0.433. The minimum absolute atomic E-state index is 0.139. The number of piperidine rings is 1. The SMILES string of the molecule is Cc1ccc(C(=O)NCCOc2ccc(S(=O)(=O)N3CCCCC3)cc2)cc1C. The summed E-state index contributed by atoms with van der Waals surface area (Å²) in [6.07, 6.45) is 2.90. The molecule has 1 aliphatic rings. The van der Waals surface area contributed by atoms with E-state index in [1.807, 2.05) is 26.0 Å². The molecule has 29 heavy (non-hydrogen) atoms. The first-order valence-electron chi connectivity index (χ1n) is 9.96. The molecular formula is C22H28N2O4S. The van der Waals surface area contributed by atoms with Gasteiger partial charge in [0.25, 0.3) is 5.91 Å². The monoisotopic (exact) mass is 416 g/mol. The summed E-state index contributed by atoms with van der Waals surface area (Å²) in [5.41, 5.74) is 2.85. The first kappa shape index (κ1) is 21.3. The van der Waals surface area contributed by atoms with E-state index in [1.165, 1.54) is 0 Å². The number of nitrogens with zero attached hydrogens (tertiary/aromatic N) is 1. The van der Waals surface area contributed by atoms with Crippen molar-refractivity contribution in [3.05, 3.63) is 59.2 Å². The smallest absolute Gasteiger partial charge is 0.251 e. The lowest BCUT2D eigenvalue weighted by molar-refractivity contribution is 0.0947. The Morgan fingerprint density at radius 1 is 1.00 bits per heavy atom. The van der Waals surface area contributed by atoms with Gasteiger partial charge in [-0.25, -0.2) is 8.42 Å². The van der Waals surface area contributed by atoms with E-state index in [2.05, 4.69) is 5.32 Å². The van der Waals surface area contributed by atoms with Gasteiger partial charge in [0.05, 0.1) is 11.4 Å². The second-order valence-corrected chi connectivity index (χ2v) is 9.28. The van der Waals surface area contributed by atoms with E-state index in [0.29, 0.717) is 37.6 Å². The lowest BCUT2D eigenvalue weighted by atomic mass is 10.1. The summed E-state index contributed by atoms with van der Waals surface area (Å²) in [6, 6.07) is 12.1. The van der Waals surface area contributed by atoms with Gasteiger partial charge in [-0.15, -0.1) is 0 Å². The molecule has 1 saturated heterocycles. The Bertz CT molecular complexity index is 949. The van der Waals surface area contributed by atoms with Gasteiger partial charge in [-0.3, -0.25) is 4.79 Å². The molecule has 1 fully saturated rings. The number of benzene rings is 2. The maximum atomic E-state index is 12.7. The van der Waals surface area contributed by atoms with Crippen LogP contribution in [0.25, 0.3) is 0 Å². The van der Waals surface area contributed by atoms with Crippen molar-refractivity contribution in [1.29, 1.82) is 0 Å². The van der Waals surface area contributed by atoms with Crippen LogP contribution in [0.3, 0.4) is 0 Å². The van der Waals surface area contributed by atoms with Crippen molar-refractivity contribution in [1.82, 2.24) is 9.62 Å². The summed E-state index contributed by atoms with van der Waals surface area (Å²) in [4.78, 5) is 12.5. The molecular weight excluding hydrogens is 388 g/mol. The van der Waals surface area contributed by atoms with Crippen molar-refractivity contribution in [2.75, 3.05) is 26.2 Å². The van der Waals surface area contributed by atoms with Crippen molar-refractivity contribution in [3.63, 3.8) is 0 Å². The third kappa shape index (κ3) is 5.36. The van der Waals surface area contributed by atoms with Crippen molar-refractivity contribution in [2.45, 2.75) is 38.0 Å². The molecule has 0 aromatic heterocycles. The Hall–Kier alpha value is -2.38. The van der Waals surface area contributed by atoms with Gasteiger partial charge in [0, 0.05) is 18.7 Å². The van der Waals surface area contributed by atoms with E-state index in [0.717, 1.165) is 30.4 Å². The highest BCUT2D eigenvalue weighted by Crippen LogP contribution is 2.22. The number of sulfonamides is 1. The molecule has 1 amide bonds. The predicted octanol–water partition coefficient (Wildman–Crippen LogP) is 3.29. The van der Waals surface area contributed by atoms with Crippen LogP contribution in [-0.2, 0) is 10.0 Å². The van der Waals surface area contributed by atoms with Crippen LogP contribution in [-0.4, -0.2) is 44.9 Å². The number of ether oxygens (including phenoxy) is 1. The standard InChI is InChI=1S/C22H28N2O4S/c1-17-6-7-19(16-18(17)2)22(25)23-12-15-28-20-8-10-21(11-9-20)29(26,27)24-13-4-3-5-14-24/h6-11,16H,3-5,12-15H2,1-2H3,(H,23,25). The molecule has 3 rings (SSSR count). The second kappa shape index (κ2) is 9.41. The van der Waals surface area contributed by atoms with Crippen molar-refractivity contribution >= 4 is 15.9 Å². The number of amides is 1. The zero-order valence-corrected chi connectivity index (χ0v) is 17.8. The number of hydrogen-bond acceptors (Lipinski definition) is 4. The minimum Gasteiger partial charge on any atom is -0.492 e. The Morgan fingerprint density at radius 2 is 1.69 bits per heavy atom. The molecule has 2 aromatic carbocycles. The normalized spacial score (nSPS) is 15.1. The largest absolute Gasteiger partial charge is 0.492 e. The van der Waals surface area contributed by atoms with Gasteiger partial charge in [0.15, 0.2) is 0 Å². The predicted molar refractivity (Wildman–Crippen MR) is 113 cm³/mol. The molecule has 0 radical (unpaired) electrons. The lowest BCUT2D eigenvalue weighted by Gasteiger charge is -2.25. The van der Waals surface area contributed by atoms with E-state index in [9.17, 15) is 13.2 Å². The average Bonchev–Trinajstić information content (AvgIpc) is 2.74. The molecule has 0 saturated carbocycles. The molecule has 0 atom stereocenters. The fourth-order valence-electron chi connectivity index (χ4n) is 3.28. The van der Waals surface area contributed by atoms with Crippen molar-refractivity contribution < 1.29 is 17.9 Å². The van der Waals surface area contributed by atoms with Crippen LogP contribution in [0.1, 0.15) is 40.7 Å². The number of hydrogen-bond donors (Lipinski definition) is 1. The third-order valence-corrected chi connectivity index (χ3v) is 7.11. The molecule has 2 aromatic rings. The Morgan fingerprint density at radius 3 is 2.34 bits per heavy atom. The lowest BCUT2D eigenvalue weighted by Crippen LogP contribution is -2.35. The zero-order valence-electron chi connectivity index (χ0n) is 17.0. The van der Waals surface area contributed by atoms with E-state index < -0.39 is 10.0 Å². The molecule has 1 N–H and O–H groups in total. The molecule has 6 nitrogen and oxygen atoms in total. The van der Waals surface area contributed by atoms with Crippen molar-refractivity contribution in [2.24, 2.45) is 0 Å². The van der Waals surface area contributed by atoms with Crippen LogP contribution >= 0.6 is 0 Å². The van der Waals surface area contributed by atoms with E-state index in [1.54, 1.807) is 34.6 Å². The summed E-state index contributed by atoms with van der Waals surface area (Å²) < 4.78 is 32.5. The zero-order chi connectivity index (χ0) is 20.9. The van der Waals surface area contributed by atoms with Gasteiger partial charge in [-0.1, -0.05) is 12.5 Å². The maximum absolute atomic E-state index is 12.7. The van der Waals surface area contributed by atoms with Crippen LogP contribution in [0.15, 0.2) is 47.4 Å². The minimum atomic E-state index is -3.43. The van der Waals surface area contributed by atoms with E-state index in [4.69, 9.17) is 4.74 Å². The van der Waals surface area contributed by atoms with Crippen LogP contribution < -0.4 is 10.1 Å². The first-order valence-corrected chi connectivity index (χ1v) is 11.4. The molecule has 1 aliphatic heterocycles. The van der Waals surface area contributed by atoms with Gasteiger partial charge in [-0.05, 0) is 74.2 Å². The molecule has 0 aliphatic carbocycles. The van der Waals surface area contributed by atoms with Gasteiger partial charge < -0.3 is 10.1 Å². The number of nitrogens with one attached hydrogen (secondary N) is 1. The highest BCUT2D eigenvalue weighted by atomic mass is 32.2. The second-order valence-electron chi connectivity index (χ2n) is 7.34. The van der Waals surface area contributed by atoms with E-state index in [-0.39, 0.29) is 10.8 Å². The fraction of sp³-hybridized carbons (Fsp3) is 0.409. The van der Waals surface area contributed by atoms with Gasteiger partial charge in [-0.2, -0.15) is 4.31 Å². The number of carbonyl (C=O) groups excluding carboxylic acids is 1. The van der Waals surface area contributed by atoms with Crippen LogP contribution in [0, 0.1) is 13.8 Å². The molecule has 156 valence electrons. The fourth-order valence-corrected chi connectivity index (χ4v) is 4.80. The van der Waals surface area contributed by atoms with Crippen LogP contribution in [0.5, 0.6) is 5.75 Å². The van der Waals surface area contributed by atoms with Crippen LogP contribution in [0.2, 0.25) is 0 Å². The molecule has 0 unspecified atom stereocenters. The highest BCUT2D eigenvalue weighted by molar-refractivity contribution is 7.89. The average molecular weight is 417 g/mol. The summed E-state index contributed by atoms with van der Waals surface area (Å²) in [6.45, 7) is 5.81. The third-order valence-electron chi connectivity index (χ3n) is 5.20. The Labute approximate surface area is 172 Å². The molecule has 0 bridgehead atoms. The molecule has 7 heteroatoms. The number of aryl methyl sites for hydroxylation is 2. The van der Waals surface area contributed by atoms with Crippen LogP contribution in [0.4, 0.5) is 0 Å². The highest BCUT2D eigenvalue weighted by Gasteiger charge is 2.25. The summed E-state index contributed by atoms with van der Waals surface area (Å²) in [7, 11) is -3.43. The Kier molecular flexibility index (Phi) is 6.92. The quantitative estimate of drug-likeness (QED) is 0.703. The Balaban J connectivity index is 1.49. The topological polar surface area (TPSA) is 75.7 Å². The summed E-state index contributed by atoms with van der Waals surface area (Å²) in [5, 5.41) is 2.83. The van der Waals surface area contributed by atoms with Crippen molar-refractivity contribution in [3.8, 4) is 5.75 Å². The number of carbonyl (C=O) groups is 1. The number of rotatable bonds is 7. The molecule has 1 heterocycles. The van der Waals surface area contributed by atoms with Gasteiger partial charge >= 0.3 is 0 Å². The van der Waals surface area contributed by atoms with Gasteiger partial charge in [0.2, 0.25) is 10.0 Å².